The molecule has 6 rings (SSSR count). The fraction of sp³-hybridized carbons (Fsp3) is 0.604. The molecule has 1 aromatic carbocycles. The summed E-state index contributed by atoms with van der Waals surface area (Å²) in [5.41, 5.74) is 1.57. The van der Waals surface area contributed by atoms with Crippen LogP contribution in [0.5, 0.6) is 5.75 Å². The molecule has 8 N–H and O–H groups in total. The van der Waals surface area contributed by atoms with Crippen molar-refractivity contribution in [2.24, 2.45) is 0 Å². The van der Waals surface area contributed by atoms with Gasteiger partial charge in [0.2, 0.25) is 5.91 Å². The fourth-order valence-electron chi connectivity index (χ4n) is 9.54. The molecule has 2 unspecified atom stereocenters. The summed E-state index contributed by atoms with van der Waals surface area (Å²) in [6.07, 6.45) is 7.65. The van der Waals surface area contributed by atoms with E-state index >= 15 is 0 Å². The third-order valence-electron chi connectivity index (χ3n) is 14.2. The van der Waals surface area contributed by atoms with Crippen molar-refractivity contribution in [3.8, 4) is 5.75 Å². The average Bonchev–Trinajstić information content (AvgIpc) is 4.28. The van der Waals surface area contributed by atoms with Crippen LogP contribution in [0.2, 0.25) is 0 Å². The molecule has 32 nitrogen and oxygen atoms in total. The summed E-state index contributed by atoms with van der Waals surface area (Å²) in [6.45, 7) is 6.30. The van der Waals surface area contributed by atoms with E-state index in [1.54, 1.807) is 27.8 Å². The number of ether oxygens (including phenoxy) is 1. The third kappa shape index (κ3) is 25.6. The van der Waals surface area contributed by atoms with Gasteiger partial charge in [-0.1, -0.05) is 23.8 Å². The van der Waals surface area contributed by atoms with Crippen molar-refractivity contribution < 1.29 is 81.7 Å². The molecule has 3 fully saturated rings. The van der Waals surface area contributed by atoms with Gasteiger partial charge in [0.1, 0.15) is 42.5 Å². The first-order chi connectivity index (χ1) is 41.3. The van der Waals surface area contributed by atoms with E-state index in [2.05, 4.69) is 41.5 Å². The number of benzene rings is 1. The Morgan fingerprint density at radius 3 is 1.85 bits per heavy atom. The topological polar surface area (TPSA) is 401 Å². The van der Waals surface area contributed by atoms with Crippen LogP contribution in [0.4, 0.5) is 4.79 Å². The van der Waals surface area contributed by atoms with Crippen molar-refractivity contribution in [3.05, 3.63) is 59.9 Å². The van der Waals surface area contributed by atoms with Gasteiger partial charge >= 0.3 is 221 Å². The first-order valence-corrected chi connectivity index (χ1v) is 32.7. The van der Waals surface area contributed by atoms with E-state index in [1.807, 2.05) is 43.9 Å². The molecule has 2 aromatic heterocycles. The van der Waals surface area contributed by atoms with Gasteiger partial charge in [-0.15, -0.1) is 5.10 Å². The Bertz CT molecular complexity index is 2720. The predicted molar refractivity (Wildman–Crippen MR) is 299 cm³/mol. The van der Waals surface area contributed by atoms with Crippen LogP contribution in [0, 0.1) is 0 Å². The molecule has 0 radical (unpaired) electrons. The number of aliphatic carboxylic acids is 4. The Morgan fingerprint density at radius 1 is 0.651 bits per heavy atom. The number of nitrogens with zero attached hydrogens (tertiary/aromatic N) is 10. The number of rotatable bonds is 33. The van der Waals surface area contributed by atoms with Gasteiger partial charge in [0, 0.05) is 44.9 Å². The van der Waals surface area contributed by atoms with Crippen molar-refractivity contribution in [2.75, 3.05) is 98.2 Å². The van der Waals surface area contributed by atoms with Gasteiger partial charge in [-0.05, 0) is 62.8 Å². The number of carbonyl (C=O) groups excluding carboxylic acids is 6. The molecule has 3 aliphatic heterocycles. The second kappa shape index (κ2) is 35.9. The van der Waals surface area contributed by atoms with E-state index < -0.39 is 89.1 Å². The zero-order chi connectivity index (χ0) is 61.8. The van der Waals surface area contributed by atoms with Gasteiger partial charge in [0.25, 0.3) is 0 Å². The zero-order valence-electron chi connectivity index (χ0n) is 48.0. The van der Waals surface area contributed by atoms with Crippen LogP contribution in [0.3, 0.4) is 0 Å². The molecule has 3 aromatic rings. The van der Waals surface area contributed by atoms with Gasteiger partial charge in [-0.2, -0.15) is 0 Å². The Balaban J connectivity index is 0.890. The normalized spacial score (nSPS) is 18.4. The number of aromatic nitrogens is 5. The second-order valence-corrected chi connectivity index (χ2v) is 24.7. The Hall–Kier alpha value is -7.46. The summed E-state index contributed by atoms with van der Waals surface area (Å²) in [5, 5.41) is 55.6. The van der Waals surface area contributed by atoms with Crippen LogP contribution in [0.25, 0.3) is 0 Å². The summed E-state index contributed by atoms with van der Waals surface area (Å²) in [5.74, 6) is -6.03. The smallest absolute Gasteiger partial charge is 0.326 e. The predicted octanol–water partition coefficient (Wildman–Crippen LogP) is -1.57. The van der Waals surface area contributed by atoms with Crippen molar-refractivity contribution in [1.29, 1.82) is 0 Å². The van der Waals surface area contributed by atoms with E-state index in [4.69, 9.17) is 18.4 Å². The minimum Gasteiger partial charge on any atom is -0.480 e. The molecule has 5 heterocycles. The summed E-state index contributed by atoms with van der Waals surface area (Å²) in [6, 6.07) is 3.65. The first kappa shape index (κ1) is 67.7. The quantitative estimate of drug-likeness (QED) is 0.0319. The van der Waals surface area contributed by atoms with Gasteiger partial charge < -0.3 is 45.7 Å². The van der Waals surface area contributed by atoms with Crippen LogP contribution < -0.4 is 26.0 Å². The Labute approximate surface area is 505 Å². The number of carboxylic acids is 4. The van der Waals surface area contributed by atoms with Crippen LogP contribution >= 0.6 is 0 Å². The number of imidazole rings is 1. The van der Waals surface area contributed by atoms with Crippen LogP contribution in [0.15, 0.2) is 42.9 Å². The van der Waals surface area contributed by atoms with Crippen LogP contribution in [-0.2, 0) is 84.5 Å². The SMILES string of the molecule is O=C(O)CC[C@H](NC(=O)N[C@@H](CCCCNC(=O)CCCCCN(Cc1ccc(OCc2cn(CCCNC(=O)CN3CCN4CCN5CCN(CC3)CC(=O)[O][In]([O]C(=O)C4)[O]C(=O)C5)nn2)cc1)Cc1nccn1CC(=O)O)C(=O)O)C(=O)O. The number of carbonyl (C=O) groups is 10. The number of fused-ring (bicyclic) bond motifs is 7. The molecule has 0 aliphatic carbocycles. The summed E-state index contributed by atoms with van der Waals surface area (Å²) >= 11 is -4.23. The number of amides is 4. The van der Waals surface area contributed by atoms with Crippen molar-refractivity contribution in [2.45, 2.75) is 109 Å². The summed E-state index contributed by atoms with van der Waals surface area (Å²) in [7, 11) is 0. The number of aryl methyl sites for hydroxylation is 1. The minimum absolute atomic E-state index is 0.00122. The van der Waals surface area contributed by atoms with Crippen molar-refractivity contribution in [3.63, 3.8) is 0 Å². The molecule has 4 atom stereocenters. The number of unbranched alkanes of at least 4 members (excludes halogenated alkanes) is 3. The number of carboxylic acid groups (broad SMARTS) is 4. The van der Waals surface area contributed by atoms with Gasteiger partial charge in [0.15, 0.2) is 0 Å². The molecular weight excluding hydrogens is 1240 g/mol. The third-order valence-corrected chi connectivity index (χ3v) is 18.1. The molecule has 33 heteroatoms. The van der Waals surface area contributed by atoms with E-state index in [9.17, 15) is 63.3 Å². The molecule has 470 valence electrons. The monoisotopic (exact) mass is 1310 g/mol. The first-order valence-electron chi connectivity index (χ1n) is 28.6. The molecule has 4 bridgehead atoms. The fourth-order valence-corrected chi connectivity index (χ4v) is 12.4. The molecule has 3 aliphatic rings. The van der Waals surface area contributed by atoms with E-state index in [-0.39, 0.29) is 77.0 Å². The van der Waals surface area contributed by atoms with Crippen molar-refractivity contribution in [1.82, 2.24) is 70.3 Å². The number of hydrogen-bond donors (Lipinski definition) is 8. The van der Waals surface area contributed by atoms with Gasteiger partial charge in [0.05, 0.1) is 12.7 Å². The van der Waals surface area contributed by atoms with Gasteiger partial charge in [-0.3, -0.25) is 24.0 Å². The molecule has 0 saturated carbocycles. The maximum Gasteiger partial charge on any atom is 0.326 e. The van der Waals surface area contributed by atoms with E-state index in [0.717, 1.165) is 12.0 Å². The van der Waals surface area contributed by atoms with E-state index in [0.29, 0.717) is 134 Å². The number of urea groups is 1. The van der Waals surface area contributed by atoms with Crippen molar-refractivity contribution >= 4 is 82.4 Å². The summed E-state index contributed by atoms with van der Waals surface area (Å²) < 4.78 is 25.6. The molecule has 4 amide bonds. The van der Waals surface area contributed by atoms with Crippen LogP contribution in [-0.4, -0.2) is 262 Å². The maximum absolute atomic E-state index is 13.2. The number of nitrogens with one attached hydrogen (secondary N) is 4. The molecular formula is C53H77InN14O18. The zero-order valence-corrected chi connectivity index (χ0v) is 51.3. The Kier molecular flexibility index (Phi) is 28.2. The minimum atomic E-state index is -4.23. The maximum atomic E-state index is 13.2. The number of hydrogen-bond acceptors (Lipinski definition) is 22. The van der Waals surface area contributed by atoms with Gasteiger partial charge in [-0.25, -0.2) is 19.4 Å². The Morgan fingerprint density at radius 2 is 1.24 bits per heavy atom. The largest absolute Gasteiger partial charge is 0.480 e. The molecule has 86 heavy (non-hydrogen) atoms. The van der Waals surface area contributed by atoms with E-state index in [1.165, 1.54) is 0 Å². The van der Waals surface area contributed by atoms with Crippen LogP contribution in [0.1, 0.15) is 81.3 Å². The molecule has 3 saturated heterocycles. The molecule has 0 spiro atoms. The summed E-state index contributed by atoms with van der Waals surface area (Å²) in [4.78, 5) is 136. The average molecular weight is 1310 g/mol. The second-order valence-electron chi connectivity index (χ2n) is 21.0. The standard InChI is InChI=1S/C53H80N14O18.In/c68-44(55-15-4-3-7-41(51(80)81)57-53(84)58-42(52(82)83)13-14-46(70)71)8-2-1-5-18-65(31-43-54-17-20-66(43)36-50(78)79)29-38-9-11-40(12-10-38)85-37-39-30-67(60-59-39)19-6-16-56-45(69)32-61-21-23-62(33-47(72)73)25-27-64(35-49(76)77)28-26-63(24-22-61)34-48(74)75;/h9-12,17,20,30,41-42H,1-8,13-16,18-19,21-29,31-37H2,(H,55,68)(H,56,69)(H,70,71)(H,72,73)(H,74,75)(H,76,77)(H,78,79)(H,80,81)(H,82,83)(H2,57,58,84);/q;+3/p-3/t41-,42-;/m0./s1.